The molecule has 3 saturated heterocycles. The highest BCUT2D eigenvalue weighted by atomic mass is 35.5. The van der Waals surface area contributed by atoms with Gasteiger partial charge in [-0.2, -0.15) is 26.3 Å². The van der Waals surface area contributed by atoms with Crippen molar-refractivity contribution in [3.8, 4) is 11.5 Å². The van der Waals surface area contributed by atoms with E-state index in [1.54, 1.807) is 12.1 Å². The van der Waals surface area contributed by atoms with E-state index in [2.05, 4.69) is 49.4 Å². The van der Waals surface area contributed by atoms with Crippen LogP contribution in [0.5, 0.6) is 11.5 Å². The number of carbonyl (C=O) groups is 2. The van der Waals surface area contributed by atoms with Crippen molar-refractivity contribution in [3.05, 3.63) is 117 Å². The Bertz CT molecular complexity index is 2920. The van der Waals surface area contributed by atoms with Gasteiger partial charge in [0.1, 0.15) is 23.1 Å². The van der Waals surface area contributed by atoms with Crippen LogP contribution in [0.3, 0.4) is 0 Å². The molecule has 2 aromatic heterocycles. The molecular formula is C52H54Cl2F6N8O4. The summed E-state index contributed by atoms with van der Waals surface area (Å²) >= 11 is 11.8. The summed E-state index contributed by atoms with van der Waals surface area (Å²) in [5.74, 6) is 1.01. The number of nitrogens with zero attached hydrogens (tertiary/aromatic N) is 6. The summed E-state index contributed by atoms with van der Waals surface area (Å²) in [6, 6.07) is 21.3. The Morgan fingerprint density at radius 2 is 1.03 bits per heavy atom. The topological polar surface area (TPSA) is 115 Å². The number of anilines is 4. The fraction of sp³-hybridized carbons (Fsp3) is 0.385. The van der Waals surface area contributed by atoms with Crippen LogP contribution in [0.1, 0.15) is 47.9 Å². The first-order valence-electron chi connectivity index (χ1n) is 23.6. The Morgan fingerprint density at radius 1 is 0.597 bits per heavy atom. The molecule has 0 radical (unpaired) electrons. The first-order valence-corrected chi connectivity index (χ1v) is 24.4. The van der Waals surface area contributed by atoms with E-state index >= 15 is 0 Å². The standard InChI is InChI=1S/C28H30ClF3N4O2.C24H24ClF3N4O2/c1-18-14-26(36-12-8-21(9-13-36)35-10-2-3-11-35)34-24-6-5-20(16-22(18)24)33-27(37)17-38-25-7-4-19(15-23(25)29)28(30,31)32;1-15-11-22(32-9-7-31(2)8-10-32)30-20-5-4-17(13-18(15)20)29-23(33)14-34-21-6-3-16(12-19(21)25)24(26,27)28/h4-7,14-16,21H,2-3,8-13,17H2,1H3,(H,33,37);3-6,11-13H,7-10,14H2,1-2H3,(H,29,33). The molecule has 72 heavy (non-hydrogen) atoms. The van der Waals surface area contributed by atoms with Crippen LogP contribution in [0.2, 0.25) is 10.0 Å². The van der Waals surface area contributed by atoms with Crippen LogP contribution in [0.4, 0.5) is 49.4 Å². The number of benzene rings is 4. The van der Waals surface area contributed by atoms with Crippen molar-refractivity contribution < 1.29 is 45.4 Å². The molecule has 0 unspecified atom stereocenters. The van der Waals surface area contributed by atoms with E-state index in [0.717, 1.165) is 133 Å². The predicted molar refractivity (Wildman–Crippen MR) is 270 cm³/mol. The largest absolute Gasteiger partial charge is 0.482 e. The molecule has 382 valence electrons. The minimum atomic E-state index is -4.51. The summed E-state index contributed by atoms with van der Waals surface area (Å²) in [4.78, 5) is 44.0. The maximum Gasteiger partial charge on any atom is 0.416 e. The summed E-state index contributed by atoms with van der Waals surface area (Å²) in [5, 5.41) is 6.93. The molecule has 5 heterocycles. The number of hydrogen-bond acceptors (Lipinski definition) is 10. The number of fused-ring (bicyclic) bond motifs is 2. The van der Waals surface area contributed by atoms with Crippen molar-refractivity contribution in [2.75, 3.05) is 93.1 Å². The molecule has 3 aliphatic heterocycles. The number of carbonyl (C=O) groups excluding carboxylic acids is 2. The molecule has 0 saturated carbocycles. The lowest BCUT2D eigenvalue weighted by Crippen LogP contribution is -2.44. The number of pyridine rings is 2. The average Bonchev–Trinajstić information content (AvgIpc) is 3.89. The number of likely N-dealkylation sites (tertiary alicyclic amines) is 1. The lowest BCUT2D eigenvalue weighted by molar-refractivity contribution is -0.138. The van der Waals surface area contributed by atoms with Gasteiger partial charge in [-0.25, -0.2) is 9.97 Å². The summed E-state index contributed by atoms with van der Waals surface area (Å²) in [5.41, 5.74) is 3.18. The zero-order valence-corrected chi connectivity index (χ0v) is 41.4. The number of likely N-dealkylation sites (N-methyl/N-ethyl adjacent to an activating group) is 1. The van der Waals surface area contributed by atoms with E-state index in [1.165, 1.54) is 25.9 Å². The lowest BCUT2D eigenvalue weighted by Gasteiger charge is -2.37. The Hall–Kier alpha value is -6.08. The van der Waals surface area contributed by atoms with Crippen LogP contribution in [-0.4, -0.2) is 110 Å². The Labute approximate surface area is 423 Å². The number of ether oxygens (including phenoxy) is 2. The number of halogens is 8. The number of nitrogens with one attached hydrogen (secondary N) is 2. The SMILES string of the molecule is Cc1cc(N2CCC(N3CCCC3)CC2)nc2ccc(NC(=O)COc3ccc(C(F)(F)F)cc3Cl)cc12.Cc1cc(N2CCN(C)CC2)nc2ccc(NC(=O)COc3ccc(C(F)(F)F)cc3Cl)cc12. The van der Waals surface area contributed by atoms with E-state index in [-0.39, 0.29) is 21.5 Å². The van der Waals surface area contributed by atoms with Crippen LogP contribution >= 0.6 is 23.2 Å². The number of alkyl halides is 6. The second-order valence-corrected chi connectivity index (χ2v) is 19.1. The Morgan fingerprint density at radius 3 is 1.44 bits per heavy atom. The highest BCUT2D eigenvalue weighted by Gasteiger charge is 2.32. The lowest BCUT2D eigenvalue weighted by atomic mass is 10.0. The number of aromatic nitrogens is 2. The monoisotopic (exact) mass is 1040 g/mol. The fourth-order valence-electron chi connectivity index (χ4n) is 9.10. The van der Waals surface area contributed by atoms with E-state index in [4.69, 9.17) is 42.6 Å². The van der Waals surface area contributed by atoms with Gasteiger partial charge in [0.2, 0.25) is 0 Å². The number of rotatable bonds is 11. The van der Waals surface area contributed by atoms with Gasteiger partial charge in [-0.05, 0) is 156 Å². The van der Waals surface area contributed by atoms with Crippen molar-refractivity contribution in [3.63, 3.8) is 0 Å². The van der Waals surface area contributed by atoms with Crippen molar-refractivity contribution in [1.82, 2.24) is 19.8 Å². The van der Waals surface area contributed by atoms with Crippen molar-refractivity contribution in [2.24, 2.45) is 0 Å². The molecule has 3 aliphatic rings. The van der Waals surface area contributed by atoms with Gasteiger partial charge in [-0.15, -0.1) is 0 Å². The Kier molecular flexibility index (Phi) is 16.2. The molecule has 0 spiro atoms. The summed E-state index contributed by atoms with van der Waals surface area (Å²) < 4.78 is 87.3. The first-order chi connectivity index (χ1) is 34.3. The van der Waals surface area contributed by atoms with Crippen molar-refractivity contribution >= 4 is 79.8 Å². The predicted octanol–water partition coefficient (Wildman–Crippen LogP) is 11.3. The minimum Gasteiger partial charge on any atom is -0.482 e. The van der Waals surface area contributed by atoms with E-state index in [1.807, 2.05) is 38.1 Å². The summed E-state index contributed by atoms with van der Waals surface area (Å²) in [7, 11) is 2.11. The number of piperazine rings is 1. The normalized spacial score (nSPS) is 16.2. The van der Waals surface area contributed by atoms with Gasteiger partial charge in [0, 0.05) is 67.5 Å². The van der Waals surface area contributed by atoms with E-state index in [9.17, 15) is 35.9 Å². The van der Waals surface area contributed by atoms with Crippen LogP contribution in [-0.2, 0) is 21.9 Å². The van der Waals surface area contributed by atoms with E-state index < -0.39 is 48.5 Å². The summed E-state index contributed by atoms with van der Waals surface area (Å²) in [6.07, 6.45) is -4.07. The molecule has 0 bridgehead atoms. The van der Waals surface area contributed by atoms with Gasteiger partial charge >= 0.3 is 12.4 Å². The van der Waals surface area contributed by atoms with Crippen LogP contribution < -0.4 is 29.9 Å². The molecule has 2 N–H and O–H groups in total. The van der Waals surface area contributed by atoms with Crippen molar-refractivity contribution in [1.29, 1.82) is 0 Å². The highest BCUT2D eigenvalue weighted by Crippen LogP contribution is 2.37. The third-order valence-electron chi connectivity index (χ3n) is 13.1. The van der Waals surface area contributed by atoms with Crippen LogP contribution in [0.15, 0.2) is 84.9 Å². The van der Waals surface area contributed by atoms with Crippen LogP contribution in [0.25, 0.3) is 21.8 Å². The van der Waals surface area contributed by atoms with E-state index in [0.29, 0.717) is 17.4 Å². The van der Waals surface area contributed by atoms with Gasteiger partial charge in [0.15, 0.2) is 13.2 Å². The van der Waals surface area contributed by atoms with Gasteiger partial charge in [0.05, 0.1) is 32.2 Å². The Balaban J connectivity index is 0.000000194. The molecule has 12 nitrogen and oxygen atoms in total. The molecule has 0 aliphatic carbocycles. The molecule has 3 fully saturated rings. The number of amides is 2. The second kappa shape index (κ2) is 22.4. The second-order valence-electron chi connectivity index (χ2n) is 18.3. The highest BCUT2D eigenvalue weighted by molar-refractivity contribution is 6.32. The zero-order valence-electron chi connectivity index (χ0n) is 39.9. The average molecular weight is 1040 g/mol. The smallest absolute Gasteiger partial charge is 0.416 e. The minimum absolute atomic E-state index is 0.000177. The van der Waals surface area contributed by atoms with Gasteiger partial charge in [-0.1, -0.05) is 23.2 Å². The van der Waals surface area contributed by atoms with Gasteiger partial charge in [-0.3, -0.25) is 9.59 Å². The molecule has 9 rings (SSSR count). The van der Waals surface area contributed by atoms with Gasteiger partial charge in [0.25, 0.3) is 11.8 Å². The number of piperidine rings is 1. The molecule has 0 atom stereocenters. The number of hydrogen-bond donors (Lipinski definition) is 2. The fourth-order valence-corrected chi connectivity index (χ4v) is 9.57. The van der Waals surface area contributed by atoms with Gasteiger partial charge < -0.3 is 39.7 Å². The molecule has 6 aromatic rings. The molecule has 2 amide bonds. The van der Waals surface area contributed by atoms with Crippen LogP contribution in [0, 0.1) is 13.8 Å². The van der Waals surface area contributed by atoms with Crippen molar-refractivity contribution in [2.45, 2.75) is 57.9 Å². The third kappa shape index (κ3) is 13.1. The molecule has 4 aromatic carbocycles. The number of aryl methyl sites for hydroxylation is 2. The molecular weight excluding hydrogens is 986 g/mol. The molecule has 20 heteroatoms. The summed E-state index contributed by atoms with van der Waals surface area (Å²) in [6.45, 7) is 11.5. The zero-order chi connectivity index (χ0) is 51.3. The third-order valence-corrected chi connectivity index (χ3v) is 13.7. The first kappa shape index (κ1) is 52.2. The maximum atomic E-state index is 12.8. The maximum absolute atomic E-state index is 12.8. The quantitative estimate of drug-likeness (QED) is 0.122.